The van der Waals surface area contributed by atoms with Crippen LogP contribution in [0.1, 0.15) is 15.9 Å². The first kappa shape index (κ1) is 23.5. The molecule has 0 saturated heterocycles. The van der Waals surface area contributed by atoms with Gasteiger partial charge in [-0.1, -0.05) is 0 Å². The molecular weight excluding hydrogens is 420 g/mol. The van der Waals surface area contributed by atoms with Gasteiger partial charge < -0.3 is 20.1 Å². The lowest BCUT2D eigenvalue weighted by Crippen LogP contribution is -2.23. The summed E-state index contributed by atoms with van der Waals surface area (Å²) in [5, 5.41) is 5.04. The molecule has 2 N–H and O–H groups in total. The van der Waals surface area contributed by atoms with Crippen molar-refractivity contribution in [2.45, 2.75) is 6.18 Å². The highest BCUT2D eigenvalue weighted by Gasteiger charge is 2.32. The van der Waals surface area contributed by atoms with Crippen LogP contribution in [0.4, 0.5) is 17.6 Å². The second-order valence-corrected chi connectivity index (χ2v) is 5.94. The smallest absolute Gasteiger partial charge is 0.416 e. The predicted molar refractivity (Wildman–Crippen MR) is 104 cm³/mol. The molecule has 2 aromatic carbocycles. The molecule has 0 aromatic heterocycles. The molecule has 0 spiro atoms. The van der Waals surface area contributed by atoms with Crippen LogP contribution < -0.4 is 20.1 Å². The number of hydrogen-bond donors (Lipinski definition) is 2. The van der Waals surface area contributed by atoms with Crippen LogP contribution in [0.3, 0.4) is 0 Å². The number of hydrogen-bond acceptors (Lipinski definition) is 5. The molecule has 10 heteroatoms. The average Bonchev–Trinajstić information content (AvgIpc) is 2.72. The van der Waals surface area contributed by atoms with Crippen molar-refractivity contribution in [1.82, 2.24) is 10.6 Å². The first-order chi connectivity index (χ1) is 14.7. The van der Waals surface area contributed by atoms with Gasteiger partial charge in [0, 0.05) is 24.9 Å². The minimum atomic E-state index is -4.72. The molecule has 164 valence electrons. The zero-order valence-electron chi connectivity index (χ0n) is 16.4. The lowest BCUT2D eigenvalue weighted by atomic mass is 10.1. The molecule has 2 rings (SSSR count). The monoisotopic (exact) mass is 438 g/mol. The summed E-state index contributed by atoms with van der Waals surface area (Å²) in [5.74, 6) is -2.53. The number of halogens is 4. The maximum absolute atomic E-state index is 14.2. The van der Waals surface area contributed by atoms with E-state index in [1.165, 1.54) is 25.5 Å². The predicted octanol–water partition coefficient (Wildman–Crippen LogP) is 4.19. The van der Waals surface area contributed by atoms with Crippen molar-refractivity contribution in [2.75, 3.05) is 14.2 Å². The molecule has 1 amide bonds. The molecule has 0 fully saturated rings. The number of nitrogens with one attached hydrogen (secondary N) is 2. The minimum absolute atomic E-state index is 0.0656. The van der Waals surface area contributed by atoms with Gasteiger partial charge >= 0.3 is 6.18 Å². The van der Waals surface area contributed by atoms with Crippen LogP contribution in [-0.4, -0.2) is 26.4 Å². The Kier molecular flexibility index (Phi) is 7.78. The first-order valence-corrected chi connectivity index (χ1v) is 8.73. The average molecular weight is 438 g/mol. The molecule has 0 aliphatic carbocycles. The number of amides is 1. The van der Waals surface area contributed by atoms with Gasteiger partial charge in [-0.15, -0.1) is 0 Å². The number of allylic oxidation sites excluding steroid dienone is 2. The number of aldehydes is 1. The summed E-state index contributed by atoms with van der Waals surface area (Å²) in [6, 6.07) is 5.66. The van der Waals surface area contributed by atoms with Crippen LogP contribution in [0.15, 0.2) is 60.4 Å². The Morgan fingerprint density at radius 1 is 1.10 bits per heavy atom. The Hall–Kier alpha value is -3.82. The van der Waals surface area contributed by atoms with E-state index in [4.69, 9.17) is 9.47 Å². The van der Waals surface area contributed by atoms with E-state index in [1.807, 2.05) is 0 Å². The Morgan fingerprint density at radius 3 is 2.42 bits per heavy atom. The van der Waals surface area contributed by atoms with E-state index in [1.54, 1.807) is 7.05 Å². The van der Waals surface area contributed by atoms with E-state index in [2.05, 4.69) is 10.6 Å². The fourth-order valence-electron chi connectivity index (χ4n) is 2.36. The van der Waals surface area contributed by atoms with Crippen molar-refractivity contribution in [1.29, 1.82) is 0 Å². The van der Waals surface area contributed by atoms with Gasteiger partial charge in [-0.2, -0.15) is 13.2 Å². The molecule has 0 unspecified atom stereocenters. The van der Waals surface area contributed by atoms with Gasteiger partial charge in [-0.25, -0.2) is 4.39 Å². The number of ether oxygens (including phenoxy) is 2. The maximum atomic E-state index is 14.2. The lowest BCUT2D eigenvalue weighted by molar-refractivity contribution is -0.137. The van der Waals surface area contributed by atoms with Crippen LogP contribution in [0.25, 0.3) is 0 Å². The number of carbonyl (C=O) groups is 2. The van der Waals surface area contributed by atoms with Crippen LogP contribution >= 0.6 is 0 Å². The van der Waals surface area contributed by atoms with Crippen molar-refractivity contribution in [3.63, 3.8) is 0 Å². The fraction of sp³-hybridized carbons (Fsp3) is 0.143. The second-order valence-electron chi connectivity index (χ2n) is 5.94. The summed E-state index contributed by atoms with van der Waals surface area (Å²) >= 11 is 0. The van der Waals surface area contributed by atoms with Gasteiger partial charge in [0.2, 0.25) is 0 Å². The standard InChI is InChI=1S/C21H18F4N2O4/c1-26-9-7-14(8-10-28)27-20(29)16-5-3-13(21(23,24)25)11-19(16)31-18-6-4-15(30-2)12-17(18)22/h3-12,26H,1-2H3,(H,27,29)/b9-7-,14-8+. The highest BCUT2D eigenvalue weighted by Crippen LogP contribution is 2.36. The molecule has 0 aliphatic heterocycles. The summed E-state index contributed by atoms with van der Waals surface area (Å²) in [5.41, 5.74) is -1.33. The van der Waals surface area contributed by atoms with E-state index in [9.17, 15) is 27.2 Å². The van der Waals surface area contributed by atoms with Gasteiger partial charge in [0.05, 0.1) is 18.2 Å². The zero-order valence-corrected chi connectivity index (χ0v) is 16.4. The molecule has 0 bridgehead atoms. The summed E-state index contributed by atoms with van der Waals surface area (Å²) in [6.07, 6.45) is -0.470. The van der Waals surface area contributed by atoms with Crippen LogP contribution in [0.5, 0.6) is 17.2 Å². The second kappa shape index (κ2) is 10.3. The van der Waals surface area contributed by atoms with E-state index in [0.29, 0.717) is 18.4 Å². The van der Waals surface area contributed by atoms with E-state index >= 15 is 0 Å². The normalized spacial score (nSPS) is 11.9. The molecule has 0 saturated carbocycles. The molecule has 0 aliphatic rings. The topological polar surface area (TPSA) is 76.7 Å². The van der Waals surface area contributed by atoms with Gasteiger partial charge in [-0.3, -0.25) is 9.59 Å². The van der Waals surface area contributed by atoms with Crippen LogP contribution in [-0.2, 0) is 11.0 Å². The number of carbonyl (C=O) groups excluding carboxylic acids is 2. The Morgan fingerprint density at radius 2 is 1.84 bits per heavy atom. The van der Waals surface area contributed by atoms with Crippen molar-refractivity contribution in [2.24, 2.45) is 0 Å². The summed E-state index contributed by atoms with van der Waals surface area (Å²) < 4.78 is 63.9. The number of alkyl halides is 3. The third kappa shape index (κ3) is 6.33. The number of rotatable bonds is 8. The van der Waals surface area contributed by atoms with Crippen LogP contribution in [0, 0.1) is 5.82 Å². The van der Waals surface area contributed by atoms with E-state index in [0.717, 1.165) is 24.3 Å². The quantitative estimate of drug-likeness (QED) is 0.280. The lowest BCUT2D eigenvalue weighted by Gasteiger charge is -2.15. The number of benzene rings is 2. The van der Waals surface area contributed by atoms with Crippen molar-refractivity contribution < 1.29 is 36.6 Å². The maximum Gasteiger partial charge on any atom is 0.416 e. The summed E-state index contributed by atoms with van der Waals surface area (Å²) in [7, 11) is 2.90. The molecular formula is C21H18F4N2O4. The van der Waals surface area contributed by atoms with E-state index in [-0.39, 0.29) is 17.0 Å². The van der Waals surface area contributed by atoms with Gasteiger partial charge in [0.25, 0.3) is 5.91 Å². The van der Waals surface area contributed by atoms with Gasteiger partial charge in [0.15, 0.2) is 11.6 Å². The van der Waals surface area contributed by atoms with Crippen molar-refractivity contribution >= 4 is 12.2 Å². The third-order valence-corrected chi connectivity index (χ3v) is 3.85. The zero-order chi connectivity index (χ0) is 23.0. The number of methoxy groups -OCH3 is 1. The molecule has 31 heavy (non-hydrogen) atoms. The van der Waals surface area contributed by atoms with E-state index < -0.39 is 35.0 Å². The molecule has 0 radical (unpaired) electrons. The molecule has 6 nitrogen and oxygen atoms in total. The highest BCUT2D eigenvalue weighted by molar-refractivity contribution is 5.98. The summed E-state index contributed by atoms with van der Waals surface area (Å²) in [6.45, 7) is 0. The molecule has 2 aromatic rings. The van der Waals surface area contributed by atoms with Gasteiger partial charge in [-0.05, 0) is 42.6 Å². The minimum Gasteiger partial charge on any atom is -0.497 e. The molecule has 0 atom stereocenters. The summed E-state index contributed by atoms with van der Waals surface area (Å²) in [4.78, 5) is 23.4. The Bertz CT molecular complexity index is 1020. The SMILES string of the molecule is CN/C=C\C(=C/C=O)NC(=O)c1ccc(C(F)(F)F)cc1Oc1ccc(OC)cc1F. The Balaban J connectivity index is 2.47. The van der Waals surface area contributed by atoms with Gasteiger partial charge in [0.1, 0.15) is 17.8 Å². The van der Waals surface area contributed by atoms with Crippen LogP contribution in [0.2, 0.25) is 0 Å². The first-order valence-electron chi connectivity index (χ1n) is 8.73. The fourth-order valence-corrected chi connectivity index (χ4v) is 2.36. The van der Waals surface area contributed by atoms with Crippen molar-refractivity contribution in [3.05, 3.63) is 77.4 Å². The van der Waals surface area contributed by atoms with Crippen molar-refractivity contribution in [3.8, 4) is 17.2 Å². The Labute approximate surface area is 175 Å². The largest absolute Gasteiger partial charge is 0.497 e. The third-order valence-electron chi connectivity index (χ3n) is 3.85. The highest BCUT2D eigenvalue weighted by atomic mass is 19.4. The molecule has 0 heterocycles.